The molecule has 0 aromatic heterocycles. The third kappa shape index (κ3) is 5.73. The van der Waals surface area contributed by atoms with E-state index >= 15 is 0 Å². The van der Waals surface area contributed by atoms with Gasteiger partial charge in [-0.2, -0.15) is 11.8 Å². The van der Waals surface area contributed by atoms with Crippen molar-refractivity contribution in [1.29, 1.82) is 0 Å². The number of esters is 1. The molecular formula is C21H26N2O4S. The van der Waals surface area contributed by atoms with Crippen LogP contribution in [0.3, 0.4) is 0 Å². The van der Waals surface area contributed by atoms with Gasteiger partial charge in [-0.25, -0.2) is 0 Å². The van der Waals surface area contributed by atoms with E-state index in [9.17, 15) is 14.4 Å². The highest BCUT2D eigenvalue weighted by atomic mass is 32.2. The highest BCUT2D eigenvalue weighted by Gasteiger charge is 2.25. The van der Waals surface area contributed by atoms with Crippen LogP contribution in [0.4, 0.5) is 0 Å². The summed E-state index contributed by atoms with van der Waals surface area (Å²) in [6.07, 6.45) is 2.41. The van der Waals surface area contributed by atoms with Crippen LogP contribution in [0.15, 0.2) is 42.5 Å². The molecule has 2 aromatic carbocycles. The van der Waals surface area contributed by atoms with Gasteiger partial charge in [0, 0.05) is 0 Å². The standard InChI is InChI=1S/C21H26N2O4S/c1-14(16-10-6-8-15-7-4-5-9-17(15)16)20(25)23-18(11-12-28-3)21(26)22-13-19(24)27-2/h4-10,14,18H,11-13H2,1-3H3,(H,22,26)(H,23,25)/t14-,18-/m0/s1. The topological polar surface area (TPSA) is 84.5 Å². The van der Waals surface area contributed by atoms with E-state index in [-0.39, 0.29) is 12.5 Å². The number of nitrogens with one attached hydrogen (secondary N) is 2. The van der Waals surface area contributed by atoms with Crippen LogP contribution < -0.4 is 10.6 Å². The fourth-order valence-electron chi connectivity index (χ4n) is 2.93. The summed E-state index contributed by atoms with van der Waals surface area (Å²) >= 11 is 1.59. The number of methoxy groups -OCH3 is 1. The Morgan fingerprint density at radius 2 is 1.79 bits per heavy atom. The lowest BCUT2D eigenvalue weighted by molar-refractivity contribution is -0.141. The molecule has 0 saturated heterocycles. The van der Waals surface area contributed by atoms with E-state index < -0.39 is 23.8 Å². The fourth-order valence-corrected chi connectivity index (χ4v) is 3.40. The van der Waals surface area contributed by atoms with Crippen LogP contribution in [0.2, 0.25) is 0 Å². The van der Waals surface area contributed by atoms with Crippen molar-refractivity contribution in [1.82, 2.24) is 10.6 Å². The Balaban J connectivity index is 2.12. The van der Waals surface area contributed by atoms with Crippen LogP contribution >= 0.6 is 11.8 Å². The molecule has 0 heterocycles. The van der Waals surface area contributed by atoms with Crippen LogP contribution in [0.1, 0.15) is 24.8 Å². The van der Waals surface area contributed by atoms with Crippen LogP contribution in [0.25, 0.3) is 10.8 Å². The Kier molecular flexibility index (Phi) is 8.32. The van der Waals surface area contributed by atoms with E-state index in [2.05, 4.69) is 15.4 Å². The molecule has 0 saturated carbocycles. The molecule has 2 rings (SSSR count). The molecule has 2 aromatic rings. The van der Waals surface area contributed by atoms with E-state index in [0.717, 1.165) is 16.3 Å². The van der Waals surface area contributed by atoms with Gasteiger partial charge in [-0.3, -0.25) is 14.4 Å². The molecule has 0 aliphatic rings. The maximum atomic E-state index is 12.9. The van der Waals surface area contributed by atoms with Crippen molar-refractivity contribution >= 4 is 40.3 Å². The van der Waals surface area contributed by atoms with Gasteiger partial charge in [-0.05, 0) is 41.7 Å². The van der Waals surface area contributed by atoms with Crippen molar-refractivity contribution in [3.05, 3.63) is 48.0 Å². The van der Waals surface area contributed by atoms with Gasteiger partial charge < -0.3 is 15.4 Å². The molecule has 2 N–H and O–H groups in total. The second-order valence-electron chi connectivity index (χ2n) is 6.43. The molecule has 2 amide bonds. The summed E-state index contributed by atoms with van der Waals surface area (Å²) in [4.78, 5) is 36.6. The van der Waals surface area contributed by atoms with E-state index in [0.29, 0.717) is 12.2 Å². The summed E-state index contributed by atoms with van der Waals surface area (Å²) in [5, 5.41) is 7.44. The summed E-state index contributed by atoms with van der Waals surface area (Å²) in [7, 11) is 1.26. The molecular weight excluding hydrogens is 376 g/mol. The number of benzene rings is 2. The quantitative estimate of drug-likeness (QED) is 0.630. The number of amides is 2. The first-order chi connectivity index (χ1) is 13.5. The Morgan fingerprint density at radius 3 is 2.50 bits per heavy atom. The van der Waals surface area contributed by atoms with Gasteiger partial charge in [-0.1, -0.05) is 42.5 Å². The largest absolute Gasteiger partial charge is 0.468 e. The molecule has 0 spiro atoms. The first-order valence-corrected chi connectivity index (χ1v) is 10.5. The molecule has 0 bridgehead atoms. The third-order valence-electron chi connectivity index (χ3n) is 4.56. The minimum Gasteiger partial charge on any atom is -0.468 e. The van der Waals surface area contributed by atoms with Gasteiger partial charge in [0.1, 0.15) is 12.6 Å². The molecule has 0 fully saturated rings. The third-order valence-corrected chi connectivity index (χ3v) is 5.21. The molecule has 6 nitrogen and oxygen atoms in total. The van der Waals surface area contributed by atoms with E-state index in [1.54, 1.807) is 11.8 Å². The Bertz CT molecular complexity index is 835. The fraction of sp³-hybridized carbons (Fsp3) is 0.381. The molecule has 7 heteroatoms. The zero-order chi connectivity index (χ0) is 20.5. The maximum Gasteiger partial charge on any atom is 0.325 e. The lowest BCUT2D eigenvalue weighted by atomic mass is 9.94. The predicted molar refractivity (Wildman–Crippen MR) is 112 cm³/mol. The number of thioether (sulfide) groups is 1. The number of hydrogen-bond donors (Lipinski definition) is 2. The summed E-state index contributed by atoms with van der Waals surface area (Å²) in [5.74, 6) is -0.864. The monoisotopic (exact) mass is 402 g/mol. The zero-order valence-corrected chi connectivity index (χ0v) is 17.2. The van der Waals surface area contributed by atoms with Crippen LogP contribution in [0, 0.1) is 0 Å². The predicted octanol–water partition coefficient (Wildman–Crippen LogP) is 2.47. The molecule has 150 valence electrons. The van der Waals surface area contributed by atoms with Gasteiger partial charge in [0.05, 0.1) is 13.0 Å². The summed E-state index contributed by atoms with van der Waals surface area (Å²) < 4.78 is 4.53. The Labute approximate surface area is 169 Å². The highest BCUT2D eigenvalue weighted by molar-refractivity contribution is 7.98. The Morgan fingerprint density at radius 1 is 1.07 bits per heavy atom. The average Bonchev–Trinajstić information content (AvgIpc) is 2.73. The molecule has 0 aliphatic carbocycles. The molecule has 28 heavy (non-hydrogen) atoms. The minimum atomic E-state index is -0.706. The first-order valence-electron chi connectivity index (χ1n) is 9.09. The van der Waals surface area contributed by atoms with E-state index in [1.165, 1.54) is 7.11 Å². The molecule has 0 unspecified atom stereocenters. The van der Waals surface area contributed by atoms with Crippen molar-refractivity contribution in [2.75, 3.05) is 25.7 Å². The van der Waals surface area contributed by atoms with Crippen LogP contribution in [-0.2, 0) is 19.1 Å². The number of ether oxygens (including phenoxy) is 1. The summed E-state index contributed by atoms with van der Waals surface area (Å²) in [6, 6.07) is 13.1. The number of hydrogen-bond acceptors (Lipinski definition) is 5. The normalized spacial score (nSPS) is 12.8. The SMILES string of the molecule is COC(=O)CNC(=O)[C@H](CCSC)NC(=O)[C@@H](C)c1cccc2ccccc12. The number of rotatable bonds is 9. The lowest BCUT2D eigenvalue weighted by Gasteiger charge is -2.21. The zero-order valence-electron chi connectivity index (χ0n) is 16.4. The number of carbonyl (C=O) groups is 3. The number of fused-ring (bicyclic) bond motifs is 1. The van der Waals surface area contributed by atoms with Crippen molar-refractivity contribution in [2.45, 2.75) is 25.3 Å². The highest BCUT2D eigenvalue weighted by Crippen LogP contribution is 2.25. The van der Waals surface area contributed by atoms with Crippen molar-refractivity contribution in [2.24, 2.45) is 0 Å². The van der Waals surface area contributed by atoms with Crippen molar-refractivity contribution in [3.63, 3.8) is 0 Å². The second kappa shape index (κ2) is 10.7. The van der Waals surface area contributed by atoms with Gasteiger partial charge in [0.15, 0.2) is 0 Å². The second-order valence-corrected chi connectivity index (χ2v) is 7.41. The smallest absolute Gasteiger partial charge is 0.325 e. The lowest BCUT2D eigenvalue weighted by Crippen LogP contribution is -2.49. The molecule has 0 radical (unpaired) electrons. The maximum absolute atomic E-state index is 12.9. The van der Waals surface area contributed by atoms with E-state index in [4.69, 9.17) is 0 Å². The van der Waals surface area contributed by atoms with Crippen LogP contribution in [-0.4, -0.2) is 49.5 Å². The van der Waals surface area contributed by atoms with Gasteiger partial charge in [0.25, 0.3) is 0 Å². The average molecular weight is 403 g/mol. The van der Waals surface area contributed by atoms with Gasteiger partial charge in [0.2, 0.25) is 11.8 Å². The number of carbonyl (C=O) groups excluding carboxylic acids is 3. The van der Waals surface area contributed by atoms with Crippen LogP contribution in [0.5, 0.6) is 0 Å². The van der Waals surface area contributed by atoms with Crippen molar-refractivity contribution in [3.8, 4) is 0 Å². The summed E-state index contributed by atoms with van der Waals surface area (Å²) in [6.45, 7) is 1.61. The van der Waals surface area contributed by atoms with Gasteiger partial charge >= 0.3 is 5.97 Å². The minimum absolute atomic E-state index is 0.222. The van der Waals surface area contributed by atoms with Crippen molar-refractivity contribution < 1.29 is 19.1 Å². The summed E-state index contributed by atoms with van der Waals surface area (Å²) in [5.41, 5.74) is 0.911. The molecule has 2 atom stereocenters. The molecule has 0 aliphatic heterocycles. The van der Waals surface area contributed by atoms with Gasteiger partial charge in [-0.15, -0.1) is 0 Å². The van der Waals surface area contributed by atoms with E-state index in [1.807, 2.05) is 55.6 Å². The first kappa shape index (κ1) is 21.8. The Hall–Kier alpha value is -2.54.